The van der Waals surface area contributed by atoms with Gasteiger partial charge in [0.2, 0.25) is 0 Å². The number of phenolic OH excluding ortho intramolecular Hbond substituents is 1. The number of pyridine rings is 1. The number of aromatic hydroxyl groups is 1. The predicted molar refractivity (Wildman–Crippen MR) is 87.6 cm³/mol. The van der Waals surface area contributed by atoms with Gasteiger partial charge in [-0.05, 0) is 54.6 Å². The molecule has 0 bridgehead atoms. The predicted octanol–water partition coefficient (Wildman–Crippen LogP) is 3.01. The Bertz CT molecular complexity index is 1000. The van der Waals surface area contributed by atoms with E-state index < -0.39 is 5.97 Å². The summed E-state index contributed by atoms with van der Waals surface area (Å²) in [5.74, 6) is -1.03. The van der Waals surface area contributed by atoms with Crippen LogP contribution in [0.1, 0.15) is 21.5 Å². The number of carboxylic acid groups (broad SMARTS) is 1. The molecule has 0 radical (unpaired) electrons. The van der Waals surface area contributed by atoms with E-state index in [0.717, 1.165) is 16.5 Å². The van der Waals surface area contributed by atoms with E-state index in [9.17, 15) is 14.7 Å². The van der Waals surface area contributed by atoms with Gasteiger partial charge in [0.25, 0.3) is 5.56 Å². The molecule has 1 heterocycles. The van der Waals surface area contributed by atoms with Crippen molar-refractivity contribution >= 4 is 16.7 Å². The first-order valence-electron chi connectivity index (χ1n) is 7.08. The largest absolute Gasteiger partial charge is 0.508 e. The molecule has 0 aliphatic heterocycles. The summed E-state index contributed by atoms with van der Waals surface area (Å²) in [6.07, 6.45) is 1.69. The van der Waals surface area contributed by atoms with Crippen molar-refractivity contribution in [3.8, 4) is 11.4 Å². The van der Waals surface area contributed by atoms with Gasteiger partial charge in [-0.25, -0.2) is 4.79 Å². The van der Waals surface area contributed by atoms with Gasteiger partial charge >= 0.3 is 5.97 Å². The smallest absolute Gasteiger partial charge is 0.335 e. The van der Waals surface area contributed by atoms with Crippen molar-refractivity contribution in [2.24, 2.45) is 0 Å². The van der Waals surface area contributed by atoms with Crippen LogP contribution in [-0.4, -0.2) is 20.7 Å². The number of fused-ring (bicyclic) bond motifs is 1. The summed E-state index contributed by atoms with van der Waals surface area (Å²) in [4.78, 5) is 24.0. The van der Waals surface area contributed by atoms with Gasteiger partial charge in [0.15, 0.2) is 0 Å². The van der Waals surface area contributed by atoms with Gasteiger partial charge in [0.05, 0.1) is 16.6 Å². The number of nitrogens with zero attached hydrogens (tertiary/aromatic N) is 1. The van der Waals surface area contributed by atoms with Crippen molar-refractivity contribution in [1.29, 1.82) is 0 Å². The van der Waals surface area contributed by atoms with E-state index in [1.807, 2.05) is 13.8 Å². The number of carboxylic acids is 1. The van der Waals surface area contributed by atoms with E-state index >= 15 is 0 Å². The van der Waals surface area contributed by atoms with Gasteiger partial charge in [-0.3, -0.25) is 9.36 Å². The number of hydrogen-bond acceptors (Lipinski definition) is 3. The van der Waals surface area contributed by atoms with Crippen LogP contribution >= 0.6 is 0 Å². The third-order valence-electron chi connectivity index (χ3n) is 3.92. The SMILES string of the molecule is Cc1ccc(C(=O)O)cc1-n1cc(C)c2ccc(O)cc2c1=O. The standard InChI is InChI=1S/C18H15NO4/c1-10-3-4-12(18(22)23)7-16(10)19-9-11(2)14-6-5-13(20)8-15(14)17(19)21/h3-9,20H,1-2H3,(H,22,23). The van der Waals surface area contributed by atoms with Gasteiger partial charge in [0.1, 0.15) is 5.75 Å². The molecule has 0 atom stereocenters. The lowest BCUT2D eigenvalue weighted by Crippen LogP contribution is -2.20. The number of benzene rings is 2. The van der Waals surface area contributed by atoms with E-state index in [1.54, 1.807) is 18.3 Å². The normalized spacial score (nSPS) is 10.9. The van der Waals surface area contributed by atoms with Crippen molar-refractivity contribution in [2.45, 2.75) is 13.8 Å². The third kappa shape index (κ3) is 2.46. The molecule has 0 fully saturated rings. The number of phenols is 1. The zero-order valence-corrected chi connectivity index (χ0v) is 12.7. The summed E-state index contributed by atoms with van der Waals surface area (Å²) in [7, 11) is 0. The van der Waals surface area contributed by atoms with Crippen LogP contribution in [-0.2, 0) is 0 Å². The van der Waals surface area contributed by atoms with Gasteiger partial charge in [-0.2, -0.15) is 0 Å². The van der Waals surface area contributed by atoms with Crippen LogP contribution in [0, 0.1) is 13.8 Å². The van der Waals surface area contributed by atoms with Gasteiger partial charge in [-0.1, -0.05) is 12.1 Å². The van der Waals surface area contributed by atoms with Crippen LogP contribution < -0.4 is 5.56 Å². The fourth-order valence-corrected chi connectivity index (χ4v) is 2.69. The Morgan fingerprint density at radius 1 is 1.00 bits per heavy atom. The molecular weight excluding hydrogens is 294 g/mol. The van der Waals surface area contributed by atoms with E-state index in [-0.39, 0.29) is 16.9 Å². The average Bonchev–Trinajstić information content (AvgIpc) is 2.51. The Balaban J connectivity index is 2.37. The molecular formula is C18H15NO4. The fourth-order valence-electron chi connectivity index (χ4n) is 2.69. The lowest BCUT2D eigenvalue weighted by atomic mass is 10.1. The Kier molecular flexibility index (Phi) is 3.41. The minimum atomic E-state index is -1.05. The molecule has 3 rings (SSSR count). The first kappa shape index (κ1) is 14.8. The lowest BCUT2D eigenvalue weighted by molar-refractivity contribution is 0.0697. The number of aromatic nitrogens is 1. The van der Waals surface area contributed by atoms with Gasteiger partial charge in [0, 0.05) is 6.20 Å². The van der Waals surface area contributed by atoms with E-state index in [4.69, 9.17) is 5.11 Å². The molecule has 0 saturated heterocycles. The lowest BCUT2D eigenvalue weighted by Gasteiger charge is -2.13. The van der Waals surface area contributed by atoms with Crippen LogP contribution in [0.3, 0.4) is 0 Å². The highest BCUT2D eigenvalue weighted by Crippen LogP contribution is 2.22. The zero-order valence-electron chi connectivity index (χ0n) is 12.7. The molecule has 116 valence electrons. The molecule has 2 N–H and O–H groups in total. The van der Waals surface area contributed by atoms with Crippen molar-refractivity contribution in [3.63, 3.8) is 0 Å². The molecule has 0 amide bonds. The summed E-state index contributed by atoms with van der Waals surface area (Å²) < 4.78 is 1.43. The highest BCUT2D eigenvalue weighted by molar-refractivity contribution is 5.89. The second-order valence-electron chi connectivity index (χ2n) is 5.52. The van der Waals surface area contributed by atoms with Gasteiger partial charge in [-0.15, -0.1) is 0 Å². The maximum Gasteiger partial charge on any atom is 0.335 e. The van der Waals surface area contributed by atoms with Crippen molar-refractivity contribution in [3.05, 3.63) is 69.6 Å². The van der Waals surface area contributed by atoms with Crippen LogP contribution in [0.2, 0.25) is 0 Å². The molecule has 0 spiro atoms. The number of carbonyl (C=O) groups is 1. The molecule has 0 saturated carbocycles. The number of aromatic carboxylic acids is 1. The number of rotatable bonds is 2. The fraction of sp³-hybridized carbons (Fsp3) is 0.111. The van der Waals surface area contributed by atoms with E-state index in [1.165, 1.54) is 28.8 Å². The van der Waals surface area contributed by atoms with E-state index in [0.29, 0.717) is 11.1 Å². The van der Waals surface area contributed by atoms with Gasteiger partial charge < -0.3 is 10.2 Å². The summed E-state index contributed by atoms with van der Waals surface area (Å²) >= 11 is 0. The zero-order chi connectivity index (χ0) is 16.7. The third-order valence-corrected chi connectivity index (χ3v) is 3.92. The van der Waals surface area contributed by atoms with Crippen LogP contribution in [0.15, 0.2) is 47.4 Å². The topological polar surface area (TPSA) is 79.5 Å². The molecule has 0 aliphatic rings. The maximum absolute atomic E-state index is 12.8. The highest BCUT2D eigenvalue weighted by atomic mass is 16.4. The second-order valence-corrected chi connectivity index (χ2v) is 5.52. The van der Waals surface area contributed by atoms with Crippen molar-refractivity contribution in [1.82, 2.24) is 4.57 Å². The monoisotopic (exact) mass is 309 g/mol. The Morgan fingerprint density at radius 2 is 1.74 bits per heavy atom. The number of hydrogen-bond donors (Lipinski definition) is 2. The minimum absolute atomic E-state index is 0.0164. The maximum atomic E-state index is 12.8. The quantitative estimate of drug-likeness (QED) is 0.762. The summed E-state index contributed by atoms with van der Waals surface area (Å²) in [5.41, 5.74) is 1.98. The second kappa shape index (κ2) is 5.28. The Morgan fingerprint density at radius 3 is 2.43 bits per heavy atom. The molecule has 23 heavy (non-hydrogen) atoms. The van der Waals surface area contributed by atoms with E-state index in [2.05, 4.69) is 0 Å². The van der Waals surface area contributed by atoms with Crippen LogP contribution in [0.25, 0.3) is 16.5 Å². The summed E-state index contributed by atoms with van der Waals surface area (Å²) in [6.45, 7) is 3.68. The number of aryl methyl sites for hydroxylation is 2. The van der Waals surface area contributed by atoms with Crippen LogP contribution in [0.5, 0.6) is 5.75 Å². The first-order chi connectivity index (χ1) is 10.9. The molecule has 1 aromatic heterocycles. The average molecular weight is 309 g/mol. The van der Waals surface area contributed by atoms with Crippen molar-refractivity contribution < 1.29 is 15.0 Å². The molecule has 5 heteroatoms. The summed E-state index contributed by atoms with van der Waals surface area (Å²) in [6, 6.07) is 9.32. The molecule has 3 aromatic rings. The Labute approximate surface area is 132 Å². The van der Waals surface area contributed by atoms with Crippen LogP contribution in [0.4, 0.5) is 0 Å². The molecule has 5 nitrogen and oxygen atoms in total. The Hall–Kier alpha value is -3.08. The van der Waals surface area contributed by atoms with Crippen molar-refractivity contribution in [2.75, 3.05) is 0 Å². The molecule has 2 aromatic carbocycles. The summed E-state index contributed by atoms with van der Waals surface area (Å²) in [5, 5.41) is 20.0. The minimum Gasteiger partial charge on any atom is -0.508 e. The molecule has 0 aliphatic carbocycles. The molecule has 0 unspecified atom stereocenters. The highest BCUT2D eigenvalue weighted by Gasteiger charge is 2.12. The first-order valence-corrected chi connectivity index (χ1v) is 7.08.